The molecule has 0 radical (unpaired) electrons. The molecule has 1 saturated carbocycles. The van der Waals surface area contributed by atoms with Gasteiger partial charge in [0.15, 0.2) is 5.16 Å². The van der Waals surface area contributed by atoms with Gasteiger partial charge in [-0.15, -0.1) is 11.3 Å². The molecule has 1 aliphatic carbocycles. The number of imidazole rings is 1. The summed E-state index contributed by atoms with van der Waals surface area (Å²) < 4.78 is 2.37. The van der Waals surface area contributed by atoms with Crippen molar-refractivity contribution in [2.75, 3.05) is 5.75 Å². The minimum Gasteiger partial charge on any atom is -0.344 e. The van der Waals surface area contributed by atoms with E-state index in [9.17, 15) is 4.79 Å². The third-order valence-electron chi connectivity index (χ3n) is 5.64. The van der Waals surface area contributed by atoms with Crippen molar-refractivity contribution in [3.8, 4) is 0 Å². The summed E-state index contributed by atoms with van der Waals surface area (Å²) in [6.07, 6.45) is 4.99. The van der Waals surface area contributed by atoms with Crippen LogP contribution >= 0.6 is 23.1 Å². The second kappa shape index (κ2) is 9.18. The van der Waals surface area contributed by atoms with Gasteiger partial charge in [-0.2, -0.15) is 0 Å². The van der Waals surface area contributed by atoms with E-state index < -0.39 is 0 Å². The van der Waals surface area contributed by atoms with Crippen molar-refractivity contribution in [2.45, 2.75) is 56.8 Å². The van der Waals surface area contributed by atoms with E-state index in [-0.39, 0.29) is 11.9 Å². The first-order chi connectivity index (χ1) is 14.1. The summed E-state index contributed by atoms with van der Waals surface area (Å²) in [5.41, 5.74) is 3.41. The summed E-state index contributed by atoms with van der Waals surface area (Å²) in [4.78, 5) is 18.8. The van der Waals surface area contributed by atoms with Crippen molar-refractivity contribution in [1.82, 2.24) is 14.9 Å². The zero-order valence-corrected chi connectivity index (χ0v) is 18.6. The Labute approximate surface area is 180 Å². The molecule has 0 saturated heterocycles. The summed E-state index contributed by atoms with van der Waals surface area (Å²) in [7, 11) is 0. The van der Waals surface area contributed by atoms with E-state index in [0.717, 1.165) is 21.3 Å². The van der Waals surface area contributed by atoms with Gasteiger partial charge >= 0.3 is 0 Å². The smallest absolute Gasteiger partial charge is 0.231 e. The molecular formula is C23H27N3OS2. The molecule has 1 N–H and O–H groups in total. The Hall–Kier alpha value is -2.05. The van der Waals surface area contributed by atoms with Crippen molar-refractivity contribution >= 4 is 29.0 Å². The van der Waals surface area contributed by atoms with Crippen LogP contribution in [0.25, 0.3) is 0 Å². The first kappa shape index (κ1) is 20.2. The van der Waals surface area contributed by atoms with Crippen LogP contribution in [0.2, 0.25) is 0 Å². The highest BCUT2D eigenvalue weighted by atomic mass is 32.2. The van der Waals surface area contributed by atoms with Crippen LogP contribution in [0.5, 0.6) is 0 Å². The predicted molar refractivity (Wildman–Crippen MR) is 121 cm³/mol. The van der Waals surface area contributed by atoms with E-state index in [4.69, 9.17) is 4.98 Å². The van der Waals surface area contributed by atoms with Crippen LogP contribution in [0.15, 0.2) is 53.0 Å². The molecule has 4 nitrogen and oxygen atoms in total. The lowest BCUT2D eigenvalue weighted by Crippen LogP contribution is -2.30. The first-order valence-corrected chi connectivity index (χ1v) is 12.1. The fraction of sp³-hybridized carbons (Fsp3) is 0.391. The number of carbonyl (C=O) groups is 1. The van der Waals surface area contributed by atoms with Crippen molar-refractivity contribution in [1.29, 1.82) is 0 Å². The summed E-state index contributed by atoms with van der Waals surface area (Å²) in [5.74, 6) is 0.408. The third-order valence-corrected chi connectivity index (χ3v) is 7.53. The molecule has 0 aliphatic heterocycles. The van der Waals surface area contributed by atoms with Crippen LogP contribution in [0.1, 0.15) is 59.6 Å². The zero-order valence-electron chi connectivity index (χ0n) is 16.9. The number of aromatic nitrogens is 2. The normalized spacial score (nSPS) is 15.5. The molecule has 1 atom stereocenters. The SMILES string of the molecule is Cc1nc(SCC(=O)NC(c2ccccc2)c2cccs2)n(C2CCCC2)c1C. The van der Waals surface area contributed by atoms with Crippen LogP contribution in [-0.4, -0.2) is 21.2 Å². The lowest BCUT2D eigenvalue weighted by Gasteiger charge is -2.19. The Morgan fingerprint density at radius 3 is 2.66 bits per heavy atom. The quantitative estimate of drug-likeness (QED) is 0.496. The van der Waals surface area contributed by atoms with Crippen molar-refractivity contribution in [3.05, 3.63) is 69.7 Å². The maximum atomic E-state index is 12.9. The molecule has 6 heteroatoms. The third kappa shape index (κ3) is 4.59. The van der Waals surface area contributed by atoms with E-state index in [1.165, 1.54) is 31.4 Å². The van der Waals surface area contributed by atoms with Crippen LogP contribution < -0.4 is 5.32 Å². The second-order valence-corrected chi connectivity index (χ2v) is 9.51. The maximum absolute atomic E-state index is 12.9. The van der Waals surface area contributed by atoms with Gasteiger partial charge in [0.25, 0.3) is 0 Å². The number of nitrogens with zero attached hydrogens (tertiary/aromatic N) is 2. The Morgan fingerprint density at radius 2 is 1.97 bits per heavy atom. The number of aryl methyl sites for hydroxylation is 1. The van der Waals surface area contributed by atoms with Gasteiger partial charge in [0.1, 0.15) is 0 Å². The van der Waals surface area contributed by atoms with Crippen LogP contribution in [0, 0.1) is 13.8 Å². The van der Waals surface area contributed by atoms with E-state index in [1.54, 1.807) is 23.1 Å². The highest BCUT2D eigenvalue weighted by Crippen LogP contribution is 2.35. The molecule has 3 aromatic rings. The Morgan fingerprint density at radius 1 is 1.21 bits per heavy atom. The maximum Gasteiger partial charge on any atom is 0.231 e. The van der Waals surface area contributed by atoms with Gasteiger partial charge in [-0.3, -0.25) is 4.79 Å². The van der Waals surface area contributed by atoms with E-state index in [0.29, 0.717) is 11.8 Å². The van der Waals surface area contributed by atoms with Crippen LogP contribution in [0.3, 0.4) is 0 Å². The average Bonchev–Trinajstić information content (AvgIpc) is 3.48. The minimum absolute atomic E-state index is 0.0357. The Bertz CT molecular complexity index is 944. The predicted octanol–water partition coefficient (Wildman–Crippen LogP) is 5.67. The number of amides is 1. The van der Waals surface area contributed by atoms with Crippen LogP contribution in [-0.2, 0) is 4.79 Å². The molecular weight excluding hydrogens is 398 g/mol. The standard InChI is InChI=1S/C23H27N3OS2/c1-16-17(2)26(19-11-6-7-12-19)23(24-16)29-15-21(27)25-22(20-13-8-14-28-20)18-9-4-3-5-10-18/h3-5,8-10,13-14,19,22H,6-7,11-12,15H2,1-2H3,(H,25,27). The van der Waals surface area contributed by atoms with Gasteiger partial charge in [0.05, 0.1) is 17.5 Å². The van der Waals surface area contributed by atoms with E-state index in [1.807, 2.05) is 24.3 Å². The summed E-state index contributed by atoms with van der Waals surface area (Å²) >= 11 is 3.22. The van der Waals surface area contributed by atoms with Crippen LogP contribution in [0.4, 0.5) is 0 Å². The highest BCUT2D eigenvalue weighted by Gasteiger charge is 2.24. The molecule has 0 bridgehead atoms. The van der Waals surface area contributed by atoms with Gasteiger partial charge in [-0.1, -0.05) is 61.0 Å². The van der Waals surface area contributed by atoms with Gasteiger partial charge in [-0.25, -0.2) is 4.98 Å². The highest BCUT2D eigenvalue weighted by molar-refractivity contribution is 7.99. The second-order valence-electron chi connectivity index (χ2n) is 7.59. The lowest BCUT2D eigenvalue weighted by molar-refractivity contribution is -0.119. The molecule has 1 unspecified atom stereocenters. The molecule has 2 aromatic heterocycles. The topological polar surface area (TPSA) is 46.9 Å². The van der Waals surface area contributed by atoms with E-state index >= 15 is 0 Å². The number of nitrogens with one attached hydrogen (secondary N) is 1. The van der Waals surface area contributed by atoms with Gasteiger partial charge < -0.3 is 9.88 Å². The zero-order chi connectivity index (χ0) is 20.2. The number of rotatable bonds is 7. The summed E-state index contributed by atoms with van der Waals surface area (Å²) in [6, 6.07) is 14.7. The number of carbonyl (C=O) groups excluding carboxylic acids is 1. The molecule has 1 amide bonds. The molecule has 4 rings (SSSR count). The fourth-order valence-electron chi connectivity index (χ4n) is 4.04. The first-order valence-electron chi connectivity index (χ1n) is 10.2. The molecule has 1 aromatic carbocycles. The molecule has 1 fully saturated rings. The summed E-state index contributed by atoms with van der Waals surface area (Å²) in [6.45, 7) is 4.21. The van der Waals surface area contributed by atoms with Gasteiger partial charge in [-0.05, 0) is 43.7 Å². The molecule has 1 aliphatic rings. The number of thiophene rings is 1. The fourth-order valence-corrected chi connectivity index (χ4v) is 5.82. The van der Waals surface area contributed by atoms with E-state index in [2.05, 4.69) is 47.3 Å². The number of hydrogen-bond acceptors (Lipinski definition) is 4. The summed E-state index contributed by atoms with van der Waals surface area (Å²) in [5, 5.41) is 6.26. The monoisotopic (exact) mass is 425 g/mol. The van der Waals surface area contributed by atoms with Gasteiger partial charge in [0.2, 0.25) is 5.91 Å². The number of hydrogen-bond donors (Lipinski definition) is 1. The molecule has 152 valence electrons. The van der Waals surface area contributed by atoms with Crippen molar-refractivity contribution in [3.63, 3.8) is 0 Å². The lowest BCUT2D eigenvalue weighted by atomic mass is 10.1. The van der Waals surface area contributed by atoms with Crippen molar-refractivity contribution in [2.24, 2.45) is 0 Å². The number of thioether (sulfide) groups is 1. The largest absolute Gasteiger partial charge is 0.344 e. The Balaban J connectivity index is 1.46. The van der Waals surface area contributed by atoms with Crippen molar-refractivity contribution < 1.29 is 4.79 Å². The van der Waals surface area contributed by atoms with Gasteiger partial charge in [0, 0.05) is 16.6 Å². The molecule has 29 heavy (non-hydrogen) atoms. The Kier molecular flexibility index (Phi) is 6.40. The average molecular weight is 426 g/mol. The minimum atomic E-state index is -0.109. The molecule has 0 spiro atoms. The number of benzene rings is 1. The molecule has 2 heterocycles.